The molecule has 0 aliphatic heterocycles. The average molecular weight is 645 g/mol. The molecule has 0 bridgehead atoms. The number of methoxy groups -OCH3 is 1. The van der Waals surface area contributed by atoms with Crippen LogP contribution in [0.15, 0.2) is 36.4 Å². The van der Waals surface area contributed by atoms with Gasteiger partial charge in [-0.15, -0.1) is 0 Å². The van der Waals surface area contributed by atoms with Gasteiger partial charge in [0.1, 0.15) is 0 Å². The molecule has 2 N–H and O–H groups in total. The van der Waals surface area contributed by atoms with Crippen LogP contribution >= 0.6 is 0 Å². The van der Waals surface area contributed by atoms with Gasteiger partial charge in [-0.25, -0.2) is 4.79 Å². The molecule has 2 fully saturated rings. The minimum absolute atomic E-state index is 0.153. The largest absolute Gasteiger partial charge is 0.465 e. The lowest BCUT2D eigenvalue weighted by Gasteiger charge is -2.50. The predicted octanol–water partition coefficient (Wildman–Crippen LogP) is 10.1. The zero-order chi connectivity index (χ0) is 33.9. The third-order valence-corrected chi connectivity index (χ3v) is 13.4. The Morgan fingerprint density at radius 1 is 0.745 bits per heavy atom. The Bertz CT molecular complexity index is 1380. The Hall–Kier alpha value is -2.17. The van der Waals surface area contributed by atoms with Crippen molar-refractivity contribution in [3.8, 4) is 0 Å². The van der Waals surface area contributed by atoms with E-state index in [1.807, 2.05) is 12.1 Å². The van der Waals surface area contributed by atoms with Gasteiger partial charge in [0.15, 0.2) is 0 Å². The highest BCUT2D eigenvalue weighted by molar-refractivity contribution is 5.89. The van der Waals surface area contributed by atoms with Crippen molar-refractivity contribution in [3.05, 3.63) is 69.8 Å². The summed E-state index contributed by atoms with van der Waals surface area (Å²) in [7, 11) is 1.44. The van der Waals surface area contributed by atoms with Gasteiger partial charge < -0.3 is 14.9 Å². The Morgan fingerprint density at radius 3 is 1.70 bits per heavy atom. The van der Waals surface area contributed by atoms with Crippen LogP contribution in [0.4, 0.5) is 0 Å². The van der Waals surface area contributed by atoms with Crippen molar-refractivity contribution < 1.29 is 19.7 Å². The molecule has 4 heteroatoms. The molecule has 0 amide bonds. The maximum Gasteiger partial charge on any atom is 0.337 e. The van der Waals surface area contributed by atoms with Gasteiger partial charge in [-0.2, -0.15) is 0 Å². The number of esters is 1. The van der Waals surface area contributed by atoms with E-state index in [2.05, 4.69) is 58.9 Å². The second-order valence-electron chi connectivity index (χ2n) is 16.1. The lowest BCUT2D eigenvalue weighted by Crippen LogP contribution is -2.47. The first-order chi connectivity index (χ1) is 22.5. The average Bonchev–Trinajstić information content (AvgIpc) is 3.31. The highest BCUT2D eigenvalue weighted by atomic mass is 16.5. The SMILES string of the molecule is CCC[C@@]1(O)CC[C@@]2(CC)c3ccc(C(=O)OC)cc3CCC[C@H]2C1.CCC[C@@]1(O)CC[C@@]2(CC)c3ccc(C)cc3CCC[C@H]2C1. The summed E-state index contributed by atoms with van der Waals surface area (Å²) in [5.74, 6) is 0.940. The first-order valence-corrected chi connectivity index (χ1v) is 19.3. The second-order valence-corrected chi connectivity index (χ2v) is 16.1. The molecule has 0 radical (unpaired) electrons. The molecule has 2 saturated carbocycles. The zero-order valence-corrected chi connectivity index (χ0v) is 30.6. The molecule has 0 unspecified atom stereocenters. The van der Waals surface area contributed by atoms with Gasteiger partial charge in [0.25, 0.3) is 0 Å². The van der Waals surface area contributed by atoms with E-state index < -0.39 is 11.2 Å². The van der Waals surface area contributed by atoms with Crippen molar-refractivity contribution in [1.82, 2.24) is 0 Å². The quantitative estimate of drug-likeness (QED) is 0.295. The van der Waals surface area contributed by atoms with Gasteiger partial charge in [0.05, 0.1) is 23.9 Å². The van der Waals surface area contributed by atoms with E-state index in [-0.39, 0.29) is 11.4 Å². The molecule has 0 saturated heterocycles. The van der Waals surface area contributed by atoms with Crippen LogP contribution in [-0.2, 0) is 28.4 Å². The topological polar surface area (TPSA) is 66.8 Å². The zero-order valence-electron chi connectivity index (χ0n) is 30.6. The van der Waals surface area contributed by atoms with E-state index in [1.54, 1.807) is 11.1 Å². The number of aryl methyl sites for hydroxylation is 3. The van der Waals surface area contributed by atoms with E-state index in [4.69, 9.17) is 4.74 Å². The fourth-order valence-electron chi connectivity index (χ4n) is 11.0. The van der Waals surface area contributed by atoms with Crippen molar-refractivity contribution in [1.29, 1.82) is 0 Å². The standard InChI is InChI=1S/C22H32O3.C21H32O/c1-4-11-21(24)12-13-22(5-2)18(15-21)8-6-7-16-14-17(20(23)25-3)9-10-19(16)22;1-4-11-20(22)12-13-21(5-2)18(15-20)8-6-7-17-14-16(3)9-10-19(17)21/h9-10,14,18,24H,4-8,11-13,15H2,1-3H3;9-10,14,18,22H,4-8,11-13,15H2,1-3H3/t18-,21+,22+;18-,20+,21+/m00/s1. The minimum atomic E-state index is -0.478. The van der Waals surface area contributed by atoms with Crippen molar-refractivity contribution in [3.63, 3.8) is 0 Å². The summed E-state index contributed by atoms with van der Waals surface area (Å²) in [6.07, 6.45) is 19.5. The van der Waals surface area contributed by atoms with Crippen molar-refractivity contribution in [2.24, 2.45) is 11.8 Å². The Kier molecular flexibility index (Phi) is 11.3. The van der Waals surface area contributed by atoms with Gasteiger partial charge in [-0.3, -0.25) is 0 Å². The molecule has 47 heavy (non-hydrogen) atoms. The second kappa shape index (κ2) is 14.8. The Morgan fingerprint density at radius 2 is 1.23 bits per heavy atom. The van der Waals surface area contributed by atoms with E-state index in [9.17, 15) is 15.0 Å². The number of carbonyl (C=O) groups excluding carboxylic acids is 1. The number of fused-ring (bicyclic) bond motifs is 6. The smallest absolute Gasteiger partial charge is 0.337 e. The molecule has 260 valence electrons. The van der Waals surface area contributed by atoms with Crippen LogP contribution in [0.25, 0.3) is 0 Å². The molecule has 6 rings (SSSR count). The van der Waals surface area contributed by atoms with Crippen LogP contribution in [0.5, 0.6) is 0 Å². The summed E-state index contributed by atoms with van der Waals surface area (Å²) in [5.41, 5.74) is 7.58. The maximum absolute atomic E-state index is 11.9. The van der Waals surface area contributed by atoms with Gasteiger partial charge in [-0.1, -0.05) is 70.4 Å². The Balaban J connectivity index is 0.000000186. The summed E-state index contributed by atoms with van der Waals surface area (Å²) in [5, 5.41) is 22.1. The van der Waals surface area contributed by atoms with Crippen LogP contribution in [0.2, 0.25) is 0 Å². The third-order valence-electron chi connectivity index (χ3n) is 13.4. The molecule has 4 aliphatic carbocycles. The molecule has 0 aromatic heterocycles. The summed E-state index contributed by atoms with van der Waals surface area (Å²) < 4.78 is 4.90. The molecule has 2 aromatic carbocycles. The third kappa shape index (κ3) is 7.11. The van der Waals surface area contributed by atoms with Crippen LogP contribution < -0.4 is 0 Å². The maximum atomic E-state index is 11.9. The molecule has 0 heterocycles. The number of benzene rings is 2. The number of aliphatic hydroxyl groups is 2. The van der Waals surface area contributed by atoms with Gasteiger partial charge in [0.2, 0.25) is 0 Å². The summed E-state index contributed by atoms with van der Waals surface area (Å²) in [6, 6.07) is 13.3. The van der Waals surface area contributed by atoms with E-state index in [0.717, 1.165) is 77.0 Å². The lowest BCUT2D eigenvalue weighted by molar-refractivity contribution is -0.0545. The minimum Gasteiger partial charge on any atom is -0.465 e. The lowest BCUT2D eigenvalue weighted by atomic mass is 9.56. The van der Waals surface area contributed by atoms with Gasteiger partial charge in [-0.05, 0) is 167 Å². The van der Waals surface area contributed by atoms with Crippen LogP contribution in [-0.4, -0.2) is 34.5 Å². The fraction of sp³-hybridized carbons (Fsp3) is 0.698. The molecule has 2 aromatic rings. The number of carbonyl (C=O) groups is 1. The summed E-state index contributed by atoms with van der Waals surface area (Å²) in [6.45, 7) is 11.2. The number of ether oxygens (including phenoxy) is 1. The highest BCUT2D eigenvalue weighted by Gasteiger charge is 2.50. The molecule has 4 nitrogen and oxygen atoms in total. The molecule has 6 atom stereocenters. The summed E-state index contributed by atoms with van der Waals surface area (Å²) >= 11 is 0. The van der Waals surface area contributed by atoms with Crippen LogP contribution in [0.3, 0.4) is 0 Å². The van der Waals surface area contributed by atoms with E-state index in [0.29, 0.717) is 22.8 Å². The van der Waals surface area contributed by atoms with Crippen molar-refractivity contribution >= 4 is 5.97 Å². The predicted molar refractivity (Wildman–Crippen MR) is 193 cm³/mol. The molecular formula is C43H64O4. The van der Waals surface area contributed by atoms with Crippen LogP contribution in [0.1, 0.15) is 169 Å². The normalized spacial score (nSPS) is 33.0. The summed E-state index contributed by atoms with van der Waals surface area (Å²) in [4.78, 5) is 11.9. The number of hydrogen-bond acceptors (Lipinski definition) is 4. The molecular weight excluding hydrogens is 580 g/mol. The van der Waals surface area contributed by atoms with Gasteiger partial charge >= 0.3 is 5.97 Å². The molecule has 4 aliphatic rings. The van der Waals surface area contributed by atoms with Crippen molar-refractivity contribution in [2.75, 3.05) is 7.11 Å². The first-order valence-electron chi connectivity index (χ1n) is 19.3. The highest BCUT2D eigenvalue weighted by Crippen LogP contribution is 2.56. The van der Waals surface area contributed by atoms with Crippen molar-refractivity contribution in [2.45, 2.75) is 172 Å². The first kappa shape index (κ1) is 36.1. The number of rotatable bonds is 7. The Labute approximate surface area is 286 Å². The monoisotopic (exact) mass is 644 g/mol. The van der Waals surface area contributed by atoms with E-state index >= 15 is 0 Å². The van der Waals surface area contributed by atoms with Gasteiger partial charge in [0, 0.05) is 0 Å². The van der Waals surface area contributed by atoms with Crippen LogP contribution in [0, 0.1) is 18.8 Å². The number of hydrogen-bond donors (Lipinski definition) is 2. The molecule has 0 spiro atoms. The fourth-order valence-corrected chi connectivity index (χ4v) is 11.0. The van der Waals surface area contributed by atoms with E-state index in [1.165, 1.54) is 62.3 Å².